The van der Waals surface area contributed by atoms with E-state index in [0.717, 1.165) is 30.9 Å². The fourth-order valence-corrected chi connectivity index (χ4v) is 5.32. The van der Waals surface area contributed by atoms with Gasteiger partial charge in [0.1, 0.15) is 5.75 Å². The van der Waals surface area contributed by atoms with Crippen LogP contribution in [0.25, 0.3) is 0 Å². The Morgan fingerprint density at radius 1 is 1.04 bits per heavy atom. The monoisotopic (exact) mass is 377 g/mol. The first kappa shape index (κ1) is 19.0. The molecule has 0 bridgehead atoms. The van der Waals surface area contributed by atoms with Gasteiger partial charge in [0.05, 0.1) is 13.2 Å². The van der Waals surface area contributed by atoms with Crippen LogP contribution >= 0.6 is 0 Å². The first-order chi connectivity index (χ1) is 13.7. The van der Waals surface area contributed by atoms with E-state index in [9.17, 15) is 4.79 Å². The molecule has 4 rings (SSSR count). The highest BCUT2D eigenvalue weighted by Crippen LogP contribution is 2.42. The Kier molecular flexibility index (Phi) is 5.70. The molecule has 1 heterocycles. The van der Waals surface area contributed by atoms with Crippen molar-refractivity contribution in [1.82, 2.24) is 4.90 Å². The Morgan fingerprint density at radius 3 is 2.50 bits per heavy atom. The van der Waals surface area contributed by atoms with Gasteiger partial charge in [-0.2, -0.15) is 0 Å². The number of likely N-dealkylation sites (tertiary alicyclic amines) is 1. The second kappa shape index (κ2) is 8.38. The van der Waals surface area contributed by atoms with Gasteiger partial charge in [0.25, 0.3) is 0 Å². The van der Waals surface area contributed by atoms with Crippen molar-refractivity contribution in [3.8, 4) is 5.75 Å². The van der Waals surface area contributed by atoms with Gasteiger partial charge in [-0.05, 0) is 74.1 Å². The van der Waals surface area contributed by atoms with E-state index in [1.165, 1.54) is 24.0 Å². The highest BCUT2D eigenvalue weighted by molar-refractivity contribution is 5.78. The van der Waals surface area contributed by atoms with Crippen molar-refractivity contribution in [2.24, 2.45) is 11.8 Å². The summed E-state index contributed by atoms with van der Waals surface area (Å²) in [5.41, 5.74) is 2.64. The molecule has 1 amide bonds. The second-order valence-electron chi connectivity index (χ2n) is 8.49. The summed E-state index contributed by atoms with van der Waals surface area (Å²) in [7, 11) is 1.71. The minimum atomic E-state index is 0.166. The fraction of sp³-hybridized carbons (Fsp3) is 0.480. The molecule has 1 saturated carbocycles. The van der Waals surface area contributed by atoms with Crippen molar-refractivity contribution in [2.45, 2.75) is 57.5 Å². The van der Waals surface area contributed by atoms with E-state index in [-0.39, 0.29) is 6.04 Å². The van der Waals surface area contributed by atoms with E-state index in [0.29, 0.717) is 24.3 Å². The highest BCUT2D eigenvalue weighted by atomic mass is 16.5. The van der Waals surface area contributed by atoms with Crippen molar-refractivity contribution in [3.63, 3.8) is 0 Å². The van der Waals surface area contributed by atoms with Crippen LogP contribution in [0.2, 0.25) is 0 Å². The van der Waals surface area contributed by atoms with Gasteiger partial charge >= 0.3 is 0 Å². The van der Waals surface area contributed by atoms with E-state index < -0.39 is 0 Å². The number of amides is 1. The SMILES string of the molecule is COc1ccc(C[C@@H]2CC[C@H]3[C@H](CCC(=O)N3[C@@H](C)c3ccccc3)C2)cc1. The molecule has 0 aromatic heterocycles. The van der Waals surface area contributed by atoms with Gasteiger partial charge in [-0.15, -0.1) is 0 Å². The molecule has 0 unspecified atom stereocenters. The van der Waals surface area contributed by atoms with Crippen molar-refractivity contribution in [3.05, 3.63) is 65.7 Å². The quantitative estimate of drug-likeness (QED) is 0.697. The summed E-state index contributed by atoms with van der Waals surface area (Å²) in [5.74, 6) is 2.62. The third-order valence-electron chi connectivity index (χ3n) is 6.81. The van der Waals surface area contributed by atoms with Gasteiger partial charge in [0.2, 0.25) is 5.91 Å². The lowest BCUT2D eigenvalue weighted by Crippen LogP contribution is -2.51. The number of hydrogen-bond donors (Lipinski definition) is 0. The topological polar surface area (TPSA) is 29.5 Å². The fourth-order valence-electron chi connectivity index (χ4n) is 5.32. The standard InChI is InChI=1S/C25H31NO2/c1-18(21-6-4-3-5-7-21)26-24-14-10-20(17-22(24)11-15-25(26)27)16-19-8-12-23(28-2)13-9-19/h3-9,12-13,18,20,22,24H,10-11,14-17H2,1-2H3/t18-,20-,22+,24-/m0/s1. The van der Waals surface area contributed by atoms with Crippen LogP contribution in [0.3, 0.4) is 0 Å². The Morgan fingerprint density at radius 2 is 1.79 bits per heavy atom. The number of nitrogens with zero attached hydrogens (tertiary/aromatic N) is 1. The van der Waals surface area contributed by atoms with Crippen molar-refractivity contribution >= 4 is 5.91 Å². The van der Waals surface area contributed by atoms with E-state index in [4.69, 9.17) is 4.74 Å². The summed E-state index contributed by atoms with van der Waals surface area (Å²) >= 11 is 0. The zero-order chi connectivity index (χ0) is 19.5. The van der Waals surface area contributed by atoms with Crippen LogP contribution in [-0.2, 0) is 11.2 Å². The second-order valence-corrected chi connectivity index (χ2v) is 8.49. The third kappa shape index (κ3) is 3.94. The van der Waals surface area contributed by atoms with E-state index >= 15 is 0 Å². The van der Waals surface area contributed by atoms with Crippen LogP contribution in [-0.4, -0.2) is 24.0 Å². The van der Waals surface area contributed by atoms with Crippen molar-refractivity contribution in [2.75, 3.05) is 7.11 Å². The molecule has 28 heavy (non-hydrogen) atoms. The van der Waals surface area contributed by atoms with Gasteiger partial charge in [-0.25, -0.2) is 0 Å². The van der Waals surface area contributed by atoms with Crippen molar-refractivity contribution in [1.29, 1.82) is 0 Å². The average Bonchev–Trinajstić information content (AvgIpc) is 2.74. The van der Waals surface area contributed by atoms with Gasteiger partial charge in [-0.1, -0.05) is 42.5 Å². The van der Waals surface area contributed by atoms with Crippen LogP contribution in [0.15, 0.2) is 54.6 Å². The molecule has 2 aliphatic rings. The summed E-state index contributed by atoms with van der Waals surface area (Å²) in [6, 6.07) is 19.6. The zero-order valence-corrected chi connectivity index (χ0v) is 17.0. The lowest BCUT2D eigenvalue weighted by molar-refractivity contribution is -0.144. The van der Waals surface area contributed by atoms with Gasteiger partial charge in [0, 0.05) is 12.5 Å². The number of carbonyl (C=O) groups is 1. The summed E-state index contributed by atoms with van der Waals surface area (Å²) in [4.78, 5) is 15.0. The molecule has 2 aromatic rings. The van der Waals surface area contributed by atoms with Crippen LogP contribution in [0.5, 0.6) is 5.75 Å². The Balaban J connectivity index is 1.44. The Labute approximate surface area is 168 Å². The van der Waals surface area contributed by atoms with Crippen molar-refractivity contribution < 1.29 is 9.53 Å². The van der Waals surface area contributed by atoms with Crippen LogP contribution < -0.4 is 4.74 Å². The predicted octanol–water partition coefficient (Wildman–Crippen LogP) is 5.41. The lowest BCUT2D eigenvalue weighted by atomic mass is 9.71. The Hall–Kier alpha value is -2.29. The first-order valence-corrected chi connectivity index (χ1v) is 10.6. The zero-order valence-electron chi connectivity index (χ0n) is 17.0. The van der Waals surface area contributed by atoms with Gasteiger partial charge in [0.15, 0.2) is 0 Å². The maximum Gasteiger partial charge on any atom is 0.223 e. The lowest BCUT2D eigenvalue weighted by Gasteiger charge is -2.48. The molecule has 2 aromatic carbocycles. The molecule has 1 aliphatic heterocycles. The maximum atomic E-state index is 12.8. The Bertz CT molecular complexity index is 786. The highest BCUT2D eigenvalue weighted by Gasteiger charge is 2.41. The summed E-state index contributed by atoms with van der Waals surface area (Å²) in [6.07, 6.45) is 6.47. The smallest absolute Gasteiger partial charge is 0.223 e. The van der Waals surface area contributed by atoms with Crippen LogP contribution in [0.1, 0.15) is 56.2 Å². The minimum Gasteiger partial charge on any atom is -0.497 e. The van der Waals surface area contributed by atoms with Gasteiger partial charge < -0.3 is 9.64 Å². The molecule has 0 spiro atoms. The third-order valence-corrected chi connectivity index (χ3v) is 6.81. The van der Waals surface area contributed by atoms with Gasteiger partial charge in [-0.3, -0.25) is 4.79 Å². The number of fused-ring (bicyclic) bond motifs is 1. The number of carbonyl (C=O) groups excluding carboxylic acids is 1. The number of piperidine rings is 1. The van der Waals surface area contributed by atoms with E-state index in [1.54, 1.807) is 7.11 Å². The molecular weight excluding hydrogens is 346 g/mol. The molecular formula is C25H31NO2. The summed E-state index contributed by atoms with van der Waals surface area (Å²) < 4.78 is 5.27. The number of rotatable bonds is 5. The largest absolute Gasteiger partial charge is 0.497 e. The number of hydrogen-bond acceptors (Lipinski definition) is 2. The predicted molar refractivity (Wildman–Crippen MR) is 112 cm³/mol. The molecule has 0 N–H and O–H groups in total. The first-order valence-electron chi connectivity index (χ1n) is 10.6. The molecule has 0 radical (unpaired) electrons. The number of methoxy groups -OCH3 is 1. The molecule has 1 aliphatic carbocycles. The van der Waals surface area contributed by atoms with E-state index in [1.807, 2.05) is 6.07 Å². The van der Waals surface area contributed by atoms with E-state index in [2.05, 4.69) is 60.4 Å². The number of benzene rings is 2. The molecule has 3 nitrogen and oxygen atoms in total. The number of ether oxygens (including phenoxy) is 1. The molecule has 3 heteroatoms. The van der Waals surface area contributed by atoms with Crippen LogP contribution in [0.4, 0.5) is 0 Å². The molecule has 148 valence electrons. The summed E-state index contributed by atoms with van der Waals surface area (Å²) in [5, 5.41) is 0. The molecule has 4 atom stereocenters. The maximum absolute atomic E-state index is 12.8. The minimum absolute atomic E-state index is 0.166. The summed E-state index contributed by atoms with van der Waals surface area (Å²) in [6.45, 7) is 2.19. The average molecular weight is 378 g/mol. The molecule has 2 fully saturated rings. The normalized spacial score (nSPS) is 25.9. The van der Waals surface area contributed by atoms with Crippen LogP contribution in [0, 0.1) is 11.8 Å². The molecule has 1 saturated heterocycles.